The van der Waals surface area contributed by atoms with Crippen LogP contribution in [0.1, 0.15) is 52.1 Å². The summed E-state index contributed by atoms with van der Waals surface area (Å²) in [5.74, 6) is 0.360. The van der Waals surface area contributed by atoms with Crippen LogP contribution in [0.5, 0.6) is 11.5 Å². The fourth-order valence-electron chi connectivity index (χ4n) is 3.64. The Morgan fingerprint density at radius 2 is 1.81 bits per heavy atom. The van der Waals surface area contributed by atoms with Crippen molar-refractivity contribution in [3.63, 3.8) is 0 Å². The SMILES string of the molecule is CCCc1ccc2c(c1)C(NC(=O)c1ccc(C(F)(F)F)[nH]c1=O)c1ccccc1O2. The van der Waals surface area contributed by atoms with Gasteiger partial charge in [0.15, 0.2) is 0 Å². The number of H-pyrrole nitrogens is 1. The molecule has 5 nitrogen and oxygen atoms in total. The highest BCUT2D eigenvalue weighted by Gasteiger charge is 2.33. The molecule has 1 amide bonds. The maximum absolute atomic E-state index is 12.9. The lowest BCUT2D eigenvalue weighted by Crippen LogP contribution is -2.35. The first-order valence-corrected chi connectivity index (χ1v) is 9.79. The molecule has 0 bridgehead atoms. The standard InChI is InChI=1S/C23H19F3N2O3/c1-2-5-13-8-10-18-16(12-13)20(14-6-3-4-7-17(14)31-18)28-22(30)15-9-11-19(23(24,25)26)27-21(15)29/h3-4,6-12,20H,2,5H2,1H3,(H,27,29)(H,28,30). The van der Waals surface area contributed by atoms with E-state index in [1.807, 2.05) is 18.2 Å². The molecule has 0 fully saturated rings. The minimum Gasteiger partial charge on any atom is -0.457 e. The zero-order valence-electron chi connectivity index (χ0n) is 16.5. The van der Waals surface area contributed by atoms with Gasteiger partial charge in [-0.2, -0.15) is 13.2 Å². The Kier molecular flexibility index (Phi) is 5.31. The highest BCUT2D eigenvalue weighted by molar-refractivity contribution is 5.94. The van der Waals surface area contributed by atoms with Crippen LogP contribution in [0, 0.1) is 0 Å². The van der Waals surface area contributed by atoms with E-state index in [0.29, 0.717) is 23.1 Å². The van der Waals surface area contributed by atoms with Crippen molar-refractivity contribution in [2.45, 2.75) is 32.0 Å². The molecular weight excluding hydrogens is 409 g/mol. The van der Waals surface area contributed by atoms with Gasteiger partial charge in [0.25, 0.3) is 11.5 Å². The minimum atomic E-state index is -4.71. The van der Waals surface area contributed by atoms with Gasteiger partial charge in [0.2, 0.25) is 0 Å². The highest BCUT2D eigenvalue weighted by atomic mass is 19.4. The molecule has 0 spiro atoms. The molecule has 4 rings (SSSR count). The van der Waals surface area contributed by atoms with E-state index < -0.39 is 34.9 Å². The number of hydrogen-bond donors (Lipinski definition) is 2. The molecule has 2 aromatic carbocycles. The molecule has 8 heteroatoms. The maximum atomic E-state index is 12.9. The van der Waals surface area contributed by atoms with Gasteiger partial charge in [-0.1, -0.05) is 37.6 Å². The molecule has 0 saturated heterocycles. The predicted molar refractivity (Wildman–Crippen MR) is 108 cm³/mol. The van der Waals surface area contributed by atoms with E-state index in [9.17, 15) is 22.8 Å². The summed E-state index contributed by atoms with van der Waals surface area (Å²) in [7, 11) is 0. The van der Waals surface area contributed by atoms with Crippen LogP contribution in [0.4, 0.5) is 13.2 Å². The molecule has 1 unspecified atom stereocenters. The second-order valence-corrected chi connectivity index (χ2v) is 7.28. The highest BCUT2D eigenvalue weighted by Crippen LogP contribution is 2.43. The van der Waals surface area contributed by atoms with Crippen LogP contribution in [0.2, 0.25) is 0 Å². The van der Waals surface area contributed by atoms with Crippen LogP contribution in [0.15, 0.2) is 59.4 Å². The molecule has 31 heavy (non-hydrogen) atoms. The van der Waals surface area contributed by atoms with Gasteiger partial charge in [0, 0.05) is 11.1 Å². The van der Waals surface area contributed by atoms with Gasteiger partial charge < -0.3 is 15.0 Å². The summed E-state index contributed by atoms with van der Waals surface area (Å²) >= 11 is 0. The smallest absolute Gasteiger partial charge is 0.431 e. The lowest BCUT2D eigenvalue weighted by Gasteiger charge is -2.29. The van der Waals surface area contributed by atoms with Crippen LogP contribution < -0.4 is 15.6 Å². The van der Waals surface area contributed by atoms with Gasteiger partial charge in [-0.3, -0.25) is 9.59 Å². The van der Waals surface area contributed by atoms with Gasteiger partial charge in [-0.25, -0.2) is 0 Å². The second kappa shape index (κ2) is 7.94. The molecule has 1 aromatic heterocycles. The number of alkyl halides is 3. The molecule has 1 aliphatic heterocycles. The molecule has 1 atom stereocenters. The Morgan fingerprint density at radius 1 is 1.06 bits per heavy atom. The summed E-state index contributed by atoms with van der Waals surface area (Å²) < 4.78 is 44.4. The molecular formula is C23H19F3N2O3. The largest absolute Gasteiger partial charge is 0.457 e. The number of amides is 1. The molecule has 3 aromatic rings. The third-order valence-corrected chi connectivity index (χ3v) is 5.11. The van der Waals surface area contributed by atoms with Crippen molar-refractivity contribution in [1.82, 2.24) is 10.3 Å². The lowest BCUT2D eigenvalue weighted by molar-refractivity contribution is -0.141. The number of aromatic amines is 1. The second-order valence-electron chi connectivity index (χ2n) is 7.28. The zero-order chi connectivity index (χ0) is 22.2. The summed E-state index contributed by atoms with van der Waals surface area (Å²) in [5.41, 5.74) is -0.228. The quantitative estimate of drug-likeness (QED) is 0.616. The van der Waals surface area contributed by atoms with E-state index in [0.717, 1.165) is 30.0 Å². The van der Waals surface area contributed by atoms with Gasteiger partial charge >= 0.3 is 6.18 Å². The third-order valence-electron chi connectivity index (χ3n) is 5.11. The van der Waals surface area contributed by atoms with E-state index in [1.54, 1.807) is 29.2 Å². The average Bonchev–Trinajstić information content (AvgIpc) is 2.73. The normalized spacial score (nSPS) is 14.9. The fourth-order valence-corrected chi connectivity index (χ4v) is 3.64. The van der Waals surface area contributed by atoms with Crippen LogP contribution in [0.3, 0.4) is 0 Å². The van der Waals surface area contributed by atoms with E-state index in [4.69, 9.17) is 4.74 Å². The summed E-state index contributed by atoms with van der Waals surface area (Å²) in [5, 5.41) is 2.80. The van der Waals surface area contributed by atoms with Crippen molar-refractivity contribution in [2.24, 2.45) is 0 Å². The zero-order valence-corrected chi connectivity index (χ0v) is 16.5. The van der Waals surface area contributed by atoms with Gasteiger partial charge in [-0.05, 0) is 42.3 Å². The summed E-state index contributed by atoms with van der Waals surface area (Å²) in [6, 6.07) is 13.8. The number of hydrogen-bond acceptors (Lipinski definition) is 3. The Balaban J connectivity index is 1.72. The van der Waals surface area contributed by atoms with Crippen LogP contribution >= 0.6 is 0 Å². The Morgan fingerprint density at radius 3 is 2.52 bits per heavy atom. The fraction of sp³-hybridized carbons (Fsp3) is 0.217. The number of aromatic nitrogens is 1. The molecule has 0 saturated carbocycles. The van der Waals surface area contributed by atoms with Crippen molar-refractivity contribution < 1.29 is 22.7 Å². The third kappa shape index (κ3) is 4.05. The van der Waals surface area contributed by atoms with Crippen molar-refractivity contribution in [3.05, 3.63) is 92.9 Å². The number of rotatable bonds is 4. The van der Waals surface area contributed by atoms with E-state index in [1.165, 1.54) is 0 Å². The first kappa shape index (κ1) is 20.7. The number of fused-ring (bicyclic) bond motifs is 2. The number of nitrogens with one attached hydrogen (secondary N) is 2. The van der Waals surface area contributed by atoms with Crippen LogP contribution in [-0.2, 0) is 12.6 Å². The molecule has 1 aliphatic rings. The van der Waals surface area contributed by atoms with Crippen molar-refractivity contribution >= 4 is 5.91 Å². The Labute approximate surface area is 175 Å². The van der Waals surface area contributed by atoms with Crippen molar-refractivity contribution in [2.75, 3.05) is 0 Å². The molecule has 2 N–H and O–H groups in total. The number of aryl methyl sites for hydroxylation is 1. The monoisotopic (exact) mass is 428 g/mol. The summed E-state index contributed by atoms with van der Waals surface area (Å²) in [6.07, 6.45) is -2.93. The average molecular weight is 428 g/mol. The number of halogens is 3. The molecule has 0 aliphatic carbocycles. The van der Waals surface area contributed by atoms with Crippen molar-refractivity contribution in [1.29, 1.82) is 0 Å². The molecule has 2 heterocycles. The molecule has 0 radical (unpaired) electrons. The number of carbonyl (C=O) groups excluding carboxylic acids is 1. The number of ether oxygens (including phenoxy) is 1. The number of pyridine rings is 1. The van der Waals surface area contributed by atoms with Crippen LogP contribution in [0.25, 0.3) is 0 Å². The first-order chi connectivity index (χ1) is 14.8. The number of carbonyl (C=O) groups is 1. The van der Waals surface area contributed by atoms with E-state index in [-0.39, 0.29) is 0 Å². The number of para-hydroxylation sites is 1. The summed E-state index contributed by atoms with van der Waals surface area (Å²) in [6.45, 7) is 2.06. The van der Waals surface area contributed by atoms with Gasteiger partial charge in [-0.15, -0.1) is 0 Å². The Bertz CT molecular complexity index is 1200. The van der Waals surface area contributed by atoms with Gasteiger partial charge in [0.1, 0.15) is 22.8 Å². The van der Waals surface area contributed by atoms with E-state index >= 15 is 0 Å². The summed E-state index contributed by atoms with van der Waals surface area (Å²) in [4.78, 5) is 26.8. The first-order valence-electron chi connectivity index (χ1n) is 9.79. The van der Waals surface area contributed by atoms with Gasteiger partial charge in [0.05, 0.1) is 6.04 Å². The van der Waals surface area contributed by atoms with Crippen molar-refractivity contribution in [3.8, 4) is 11.5 Å². The topological polar surface area (TPSA) is 71.2 Å². The number of benzene rings is 2. The van der Waals surface area contributed by atoms with E-state index in [2.05, 4.69) is 12.2 Å². The Hall–Kier alpha value is -3.55. The predicted octanol–water partition coefficient (Wildman–Crippen LogP) is 4.97. The lowest BCUT2D eigenvalue weighted by atomic mass is 9.92. The minimum absolute atomic E-state index is 0.400. The molecule has 160 valence electrons. The maximum Gasteiger partial charge on any atom is 0.431 e. The van der Waals surface area contributed by atoms with Crippen LogP contribution in [-0.4, -0.2) is 10.9 Å².